The second-order valence-corrected chi connectivity index (χ2v) is 3.06. The van der Waals surface area contributed by atoms with E-state index in [9.17, 15) is 10.1 Å². The fourth-order valence-corrected chi connectivity index (χ4v) is 1.12. The summed E-state index contributed by atoms with van der Waals surface area (Å²) in [4.78, 5) is 16.6. The van der Waals surface area contributed by atoms with Crippen LogP contribution in [0.2, 0.25) is 0 Å². The molecule has 7 heteroatoms. The van der Waals surface area contributed by atoms with E-state index in [1.54, 1.807) is 6.92 Å². The van der Waals surface area contributed by atoms with Crippen LogP contribution < -0.4 is 0 Å². The monoisotopic (exact) mass is 231 g/mol. The summed E-state index contributed by atoms with van der Waals surface area (Å²) in [5.41, 5.74) is 8.81. The summed E-state index contributed by atoms with van der Waals surface area (Å²) < 4.78 is 0. The van der Waals surface area contributed by atoms with E-state index in [0.717, 1.165) is 0 Å². The lowest BCUT2D eigenvalue weighted by Crippen LogP contribution is -1.95. The molecular weight excluding hydrogens is 222 g/mol. The van der Waals surface area contributed by atoms with Crippen LogP contribution in [0.25, 0.3) is 10.4 Å². The Morgan fingerprint density at radius 2 is 2.41 bits per heavy atom. The number of azide groups is 1. The number of hydrogen-bond acceptors (Lipinski definition) is 4. The molecule has 1 heterocycles. The summed E-state index contributed by atoms with van der Waals surface area (Å²) in [6, 6.07) is 2.87. The van der Waals surface area contributed by atoms with Gasteiger partial charge in [0.25, 0.3) is 5.69 Å². The number of aromatic nitrogens is 1. The Balaban J connectivity index is 2.77. The normalized spacial score (nSPS) is 8.76. The van der Waals surface area contributed by atoms with E-state index in [1.807, 2.05) is 0 Å². The maximum absolute atomic E-state index is 10.5. The topological polar surface area (TPSA) is 105 Å². The Labute approximate surface area is 97.3 Å². The minimum Gasteiger partial charge on any atom is -0.258 e. The molecule has 0 aliphatic carbocycles. The summed E-state index contributed by atoms with van der Waals surface area (Å²) in [5, 5.41) is 13.9. The highest BCUT2D eigenvalue weighted by Crippen LogP contribution is 2.14. The number of pyridine rings is 1. The smallest absolute Gasteiger partial charge is 0.258 e. The molecule has 0 saturated carbocycles. The minimum absolute atomic E-state index is 0.0235. The van der Waals surface area contributed by atoms with Gasteiger partial charge in [0, 0.05) is 23.9 Å². The molecule has 1 rings (SSSR count). The van der Waals surface area contributed by atoms with E-state index in [4.69, 9.17) is 5.53 Å². The van der Waals surface area contributed by atoms with Gasteiger partial charge in [0.05, 0.1) is 4.92 Å². The largest absolute Gasteiger partial charge is 0.290 e. The van der Waals surface area contributed by atoms with Gasteiger partial charge >= 0.3 is 0 Å². The van der Waals surface area contributed by atoms with Gasteiger partial charge < -0.3 is 0 Å². The third kappa shape index (κ3) is 3.81. The van der Waals surface area contributed by atoms with Gasteiger partial charge in [-0.1, -0.05) is 11.0 Å². The van der Waals surface area contributed by atoms with Gasteiger partial charge in [-0.2, -0.15) is 0 Å². The maximum atomic E-state index is 10.5. The molecule has 0 radical (unpaired) electrons. The SMILES string of the molecule is Cc1nc(C#CCCN=[N+]=[N-])ccc1[N+](=O)[O-]. The summed E-state index contributed by atoms with van der Waals surface area (Å²) in [5.74, 6) is 5.51. The van der Waals surface area contributed by atoms with Crippen molar-refractivity contribution in [1.82, 2.24) is 4.98 Å². The lowest BCUT2D eigenvalue weighted by atomic mass is 10.2. The van der Waals surface area contributed by atoms with Crippen LogP contribution in [0.15, 0.2) is 17.2 Å². The van der Waals surface area contributed by atoms with Crippen molar-refractivity contribution in [3.8, 4) is 11.8 Å². The zero-order chi connectivity index (χ0) is 12.7. The van der Waals surface area contributed by atoms with Crippen molar-refractivity contribution < 1.29 is 4.92 Å². The lowest BCUT2D eigenvalue weighted by Gasteiger charge is -1.95. The van der Waals surface area contributed by atoms with E-state index in [2.05, 4.69) is 26.9 Å². The molecule has 0 bridgehead atoms. The summed E-state index contributed by atoms with van der Waals surface area (Å²) >= 11 is 0. The van der Waals surface area contributed by atoms with Crippen LogP contribution in [0.1, 0.15) is 17.8 Å². The van der Waals surface area contributed by atoms with Crippen molar-refractivity contribution in [2.45, 2.75) is 13.3 Å². The number of nitrogens with zero attached hydrogens (tertiary/aromatic N) is 5. The van der Waals surface area contributed by atoms with E-state index in [0.29, 0.717) is 24.4 Å². The predicted octanol–water partition coefficient (Wildman–Crippen LogP) is 2.35. The molecule has 0 aromatic carbocycles. The van der Waals surface area contributed by atoms with Crippen LogP contribution in [0.5, 0.6) is 0 Å². The standard InChI is InChI=1S/C10H9N5O2/c1-8-10(15(16)17)6-5-9(13-8)4-2-3-7-12-14-11/h5-6H,3,7H2,1H3. The first-order valence-corrected chi connectivity index (χ1v) is 4.77. The first-order valence-electron chi connectivity index (χ1n) is 4.77. The molecule has 0 fully saturated rings. The van der Waals surface area contributed by atoms with E-state index in [-0.39, 0.29) is 5.69 Å². The van der Waals surface area contributed by atoms with Gasteiger partial charge in [0.1, 0.15) is 11.4 Å². The third-order valence-electron chi connectivity index (χ3n) is 1.87. The molecule has 0 saturated heterocycles. The Bertz CT molecular complexity index is 537. The van der Waals surface area contributed by atoms with Crippen molar-refractivity contribution in [2.24, 2.45) is 5.11 Å². The van der Waals surface area contributed by atoms with Crippen molar-refractivity contribution >= 4 is 5.69 Å². The number of nitro groups is 1. The quantitative estimate of drug-likeness (QED) is 0.151. The second-order valence-electron chi connectivity index (χ2n) is 3.06. The van der Waals surface area contributed by atoms with Crippen LogP contribution in [0.3, 0.4) is 0 Å². The van der Waals surface area contributed by atoms with Crippen molar-refractivity contribution in [3.63, 3.8) is 0 Å². The van der Waals surface area contributed by atoms with E-state index in [1.165, 1.54) is 12.1 Å². The first kappa shape index (κ1) is 12.5. The number of hydrogen-bond donors (Lipinski definition) is 0. The van der Waals surface area contributed by atoms with Crippen LogP contribution in [0.4, 0.5) is 5.69 Å². The lowest BCUT2D eigenvalue weighted by molar-refractivity contribution is -0.385. The minimum atomic E-state index is -0.485. The molecule has 0 aliphatic heterocycles. The molecule has 1 aromatic rings. The molecule has 0 amide bonds. The van der Waals surface area contributed by atoms with Crippen LogP contribution in [0, 0.1) is 28.9 Å². The Morgan fingerprint density at radius 1 is 1.65 bits per heavy atom. The first-order chi connectivity index (χ1) is 8.15. The molecule has 0 spiro atoms. The molecule has 0 N–H and O–H groups in total. The summed E-state index contributed by atoms with van der Waals surface area (Å²) in [6.07, 6.45) is 0.432. The van der Waals surface area contributed by atoms with E-state index >= 15 is 0 Å². The zero-order valence-corrected chi connectivity index (χ0v) is 9.12. The van der Waals surface area contributed by atoms with E-state index < -0.39 is 4.92 Å². The number of aryl methyl sites for hydroxylation is 1. The number of rotatable bonds is 3. The van der Waals surface area contributed by atoms with Gasteiger partial charge in [-0.15, -0.1) is 0 Å². The highest BCUT2D eigenvalue weighted by molar-refractivity contribution is 5.39. The van der Waals surface area contributed by atoms with Crippen LogP contribution in [-0.2, 0) is 0 Å². The third-order valence-corrected chi connectivity index (χ3v) is 1.87. The second kappa shape index (κ2) is 6.10. The van der Waals surface area contributed by atoms with Crippen LogP contribution >= 0.6 is 0 Å². The molecule has 1 aromatic heterocycles. The van der Waals surface area contributed by atoms with Crippen LogP contribution in [-0.4, -0.2) is 16.5 Å². The van der Waals surface area contributed by atoms with Gasteiger partial charge in [-0.05, 0) is 24.4 Å². The molecule has 0 atom stereocenters. The molecular formula is C10H9N5O2. The molecule has 17 heavy (non-hydrogen) atoms. The summed E-state index contributed by atoms with van der Waals surface area (Å²) in [7, 11) is 0. The fraction of sp³-hybridized carbons (Fsp3) is 0.300. The highest BCUT2D eigenvalue weighted by atomic mass is 16.6. The predicted molar refractivity (Wildman–Crippen MR) is 61.1 cm³/mol. The maximum Gasteiger partial charge on any atom is 0.290 e. The molecule has 86 valence electrons. The van der Waals surface area contributed by atoms with Gasteiger partial charge in [-0.3, -0.25) is 10.1 Å². The van der Waals surface area contributed by atoms with Gasteiger partial charge in [0.15, 0.2) is 0 Å². The Morgan fingerprint density at radius 3 is 3.00 bits per heavy atom. The average molecular weight is 231 g/mol. The Hall–Kier alpha value is -2.58. The average Bonchev–Trinajstić information content (AvgIpc) is 2.28. The molecule has 0 unspecified atom stereocenters. The molecule has 7 nitrogen and oxygen atoms in total. The van der Waals surface area contributed by atoms with Crippen molar-refractivity contribution in [3.05, 3.63) is 44.1 Å². The molecule has 0 aliphatic rings. The van der Waals surface area contributed by atoms with Gasteiger partial charge in [0.2, 0.25) is 0 Å². The highest BCUT2D eigenvalue weighted by Gasteiger charge is 2.10. The Kier molecular flexibility index (Phi) is 4.48. The fourth-order valence-electron chi connectivity index (χ4n) is 1.12. The van der Waals surface area contributed by atoms with Gasteiger partial charge in [-0.25, -0.2) is 4.98 Å². The van der Waals surface area contributed by atoms with Crippen molar-refractivity contribution in [2.75, 3.05) is 6.54 Å². The van der Waals surface area contributed by atoms with Crippen molar-refractivity contribution in [1.29, 1.82) is 0 Å². The summed E-state index contributed by atoms with van der Waals surface area (Å²) in [6.45, 7) is 1.86. The zero-order valence-electron chi connectivity index (χ0n) is 9.12.